The molecule has 2 aliphatic rings. The number of anilines is 1. The van der Waals surface area contributed by atoms with Gasteiger partial charge in [0.2, 0.25) is 21.8 Å². The Kier molecular flexibility index (Phi) is 4.07. The number of carbonyl (C=O) groups is 2. The summed E-state index contributed by atoms with van der Waals surface area (Å²) in [4.78, 5) is 24.0. The summed E-state index contributed by atoms with van der Waals surface area (Å²) in [7, 11) is -3.87. The van der Waals surface area contributed by atoms with E-state index in [-0.39, 0.29) is 18.7 Å². The van der Waals surface area contributed by atoms with Gasteiger partial charge in [-0.1, -0.05) is 6.07 Å². The molecule has 2 atom stereocenters. The Hall–Kier alpha value is -2.00. The van der Waals surface area contributed by atoms with Crippen LogP contribution < -0.4 is 10.0 Å². The third-order valence-electron chi connectivity index (χ3n) is 3.94. The predicted molar refractivity (Wildman–Crippen MR) is 78.7 cm³/mol. The van der Waals surface area contributed by atoms with Crippen LogP contribution in [0.1, 0.15) is 24.3 Å². The second kappa shape index (κ2) is 5.89. The lowest BCUT2D eigenvalue weighted by molar-refractivity contribution is -0.125. The minimum Gasteiger partial charge on any atom is -0.380 e. The van der Waals surface area contributed by atoms with E-state index in [0.29, 0.717) is 18.6 Å². The summed E-state index contributed by atoms with van der Waals surface area (Å²) in [6.07, 6.45) is 0.122. The van der Waals surface area contributed by atoms with E-state index in [1.54, 1.807) is 0 Å². The Bertz CT molecular complexity index is 758. The smallest absolute Gasteiger partial charge is 0.241 e. The first kappa shape index (κ1) is 15.9. The highest BCUT2D eigenvalue weighted by molar-refractivity contribution is 7.90. The molecule has 23 heavy (non-hydrogen) atoms. The van der Waals surface area contributed by atoms with Gasteiger partial charge in [0, 0.05) is 18.7 Å². The fourth-order valence-electron chi connectivity index (χ4n) is 2.72. The van der Waals surface area contributed by atoms with Crippen molar-refractivity contribution in [3.05, 3.63) is 29.6 Å². The zero-order valence-corrected chi connectivity index (χ0v) is 12.9. The van der Waals surface area contributed by atoms with Crippen LogP contribution in [-0.4, -0.2) is 38.7 Å². The molecule has 1 aromatic carbocycles. The van der Waals surface area contributed by atoms with E-state index in [1.807, 2.05) is 4.72 Å². The van der Waals surface area contributed by atoms with Gasteiger partial charge in [-0.15, -0.1) is 0 Å². The van der Waals surface area contributed by atoms with Gasteiger partial charge in [0.1, 0.15) is 11.1 Å². The maximum absolute atomic E-state index is 13.3. The van der Waals surface area contributed by atoms with Crippen LogP contribution in [0.15, 0.2) is 18.2 Å². The minimum absolute atomic E-state index is 0.0373. The van der Waals surface area contributed by atoms with Gasteiger partial charge in [0.15, 0.2) is 0 Å². The fourth-order valence-corrected chi connectivity index (χ4v) is 3.99. The molecule has 9 heteroatoms. The second-order valence-electron chi connectivity index (χ2n) is 5.53. The molecule has 0 radical (unpaired) electrons. The summed E-state index contributed by atoms with van der Waals surface area (Å²) in [5.74, 6) is -2.79. The molecule has 0 aliphatic carbocycles. The number of benzene rings is 1. The molecule has 1 fully saturated rings. The topological polar surface area (TPSA) is 102 Å². The molecule has 1 saturated heterocycles. The third kappa shape index (κ3) is 3.20. The maximum atomic E-state index is 13.3. The summed E-state index contributed by atoms with van der Waals surface area (Å²) in [5, 5.41) is 1.69. The molecule has 124 valence electrons. The van der Waals surface area contributed by atoms with Crippen LogP contribution >= 0.6 is 0 Å². The summed E-state index contributed by atoms with van der Waals surface area (Å²) < 4.78 is 44.6. The van der Waals surface area contributed by atoms with E-state index in [2.05, 4.69) is 5.32 Å². The van der Waals surface area contributed by atoms with Gasteiger partial charge in [-0.3, -0.25) is 14.3 Å². The molecule has 0 spiro atoms. The molecule has 7 nitrogen and oxygen atoms in total. The van der Waals surface area contributed by atoms with Crippen molar-refractivity contribution < 1.29 is 27.1 Å². The quantitative estimate of drug-likeness (QED) is 0.832. The molecule has 1 aromatic rings. The van der Waals surface area contributed by atoms with Gasteiger partial charge in [-0.05, 0) is 24.1 Å². The molecule has 2 unspecified atom stereocenters. The summed E-state index contributed by atoms with van der Waals surface area (Å²) >= 11 is 0. The number of hydrogen-bond donors (Lipinski definition) is 2. The average Bonchev–Trinajstić information content (AvgIpc) is 3.00. The van der Waals surface area contributed by atoms with Crippen LogP contribution in [0.2, 0.25) is 0 Å². The summed E-state index contributed by atoms with van der Waals surface area (Å²) in [6.45, 7) is 0.364. The number of sulfonamides is 1. The van der Waals surface area contributed by atoms with Crippen molar-refractivity contribution in [1.29, 1.82) is 0 Å². The highest BCUT2D eigenvalue weighted by Crippen LogP contribution is 2.33. The molecule has 2 heterocycles. The Morgan fingerprint density at radius 1 is 1.39 bits per heavy atom. The van der Waals surface area contributed by atoms with Crippen LogP contribution in [0.25, 0.3) is 0 Å². The molecule has 3 rings (SSSR count). The molecule has 2 N–H and O–H groups in total. The molecule has 0 bridgehead atoms. The van der Waals surface area contributed by atoms with E-state index in [0.717, 1.165) is 12.1 Å². The average molecular weight is 342 g/mol. The summed E-state index contributed by atoms with van der Waals surface area (Å²) in [5.41, 5.74) is 0.573. The Balaban J connectivity index is 1.84. The van der Waals surface area contributed by atoms with Gasteiger partial charge in [0.25, 0.3) is 0 Å². The first-order valence-electron chi connectivity index (χ1n) is 7.09. The third-order valence-corrected chi connectivity index (χ3v) is 5.68. The molecule has 0 aromatic heterocycles. The number of nitrogens with one attached hydrogen (secondary N) is 2. The first-order chi connectivity index (χ1) is 10.9. The van der Waals surface area contributed by atoms with Gasteiger partial charge >= 0.3 is 0 Å². The largest absolute Gasteiger partial charge is 0.380 e. The fraction of sp³-hybridized carbons (Fsp3) is 0.429. The van der Waals surface area contributed by atoms with Gasteiger partial charge in [0.05, 0.1) is 12.5 Å². The molecule has 2 aliphatic heterocycles. The number of fused-ring (bicyclic) bond motifs is 1. The number of ether oxygens (including phenoxy) is 1. The van der Waals surface area contributed by atoms with Crippen molar-refractivity contribution in [1.82, 2.24) is 4.72 Å². The second-order valence-corrected chi connectivity index (χ2v) is 7.49. The monoisotopic (exact) mass is 342 g/mol. The van der Waals surface area contributed by atoms with Gasteiger partial charge < -0.3 is 10.1 Å². The number of amides is 2. The zero-order valence-electron chi connectivity index (χ0n) is 12.0. The number of halogens is 1. The van der Waals surface area contributed by atoms with E-state index in [4.69, 9.17) is 4.74 Å². The Morgan fingerprint density at radius 2 is 2.17 bits per heavy atom. The van der Waals surface area contributed by atoms with Crippen LogP contribution in [0.5, 0.6) is 0 Å². The van der Waals surface area contributed by atoms with Crippen molar-refractivity contribution in [3.63, 3.8) is 0 Å². The van der Waals surface area contributed by atoms with Crippen molar-refractivity contribution >= 4 is 27.5 Å². The zero-order chi connectivity index (χ0) is 16.6. The lowest BCUT2D eigenvalue weighted by Crippen LogP contribution is -2.42. The van der Waals surface area contributed by atoms with E-state index in [1.165, 1.54) is 6.07 Å². The molecular weight excluding hydrogens is 327 g/mol. The van der Waals surface area contributed by atoms with Crippen molar-refractivity contribution in [2.75, 3.05) is 18.5 Å². The minimum atomic E-state index is -3.87. The molecular formula is C14H15FN2O5S. The number of hydrogen-bond acceptors (Lipinski definition) is 5. The first-order valence-corrected chi connectivity index (χ1v) is 8.64. The Morgan fingerprint density at radius 3 is 2.87 bits per heavy atom. The summed E-state index contributed by atoms with van der Waals surface area (Å²) in [6, 6.07) is 3.64. The van der Waals surface area contributed by atoms with Gasteiger partial charge in [-0.2, -0.15) is 0 Å². The highest BCUT2D eigenvalue weighted by atomic mass is 32.2. The molecule has 2 amide bonds. The standard InChI is InChI=1S/C14H15FN2O5S/c15-8-1-2-10-11(6-13(18)16-12(10)5-8)14(19)17-23(20,21)9-3-4-22-7-9/h1-2,5,9,11H,3-4,6-7H2,(H,16,18)(H,17,19). The van der Waals surface area contributed by atoms with Crippen molar-refractivity contribution in [2.24, 2.45) is 0 Å². The van der Waals surface area contributed by atoms with Crippen LogP contribution in [0.4, 0.5) is 10.1 Å². The van der Waals surface area contributed by atoms with E-state index < -0.39 is 38.8 Å². The van der Waals surface area contributed by atoms with E-state index in [9.17, 15) is 22.4 Å². The van der Waals surface area contributed by atoms with Crippen molar-refractivity contribution in [2.45, 2.75) is 24.0 Å². The lowest BCUT2D eigenvalue weighted by atomic mass is 9.90. The maximum Gasteiger partial charge on any atom is 0.241 e. The van der Waals surface area contributed by atoms with Gasteiger partial charge in [-0.25, -0.2) is 12.8 Å². The lowest BCUT2D eigenvalue weighted by Gasteiger charge is -2.25. The number of rotatable bonds is 3. The SMILES string of the molecule is O=C1CC(C(=O)NS(=O)(=O)C2CCOC2)c2ccc(F)cc2N1. The Labute approximate surface area is 132 Å². The highest BCUT2D eigenvalue weighted by Gasteiger charge is 2.36. The van der Waals surface area contributed by atoms with E-state index >= 15 is 0 Å². The van der Waals surface area contributed by atoms with Crippen LogP contribution in [-0.2, 0) is 24.3 Å². The molecule has 0 saturated carbocycles. The number of carbonyl (C=O) groups excluding carboxylic acids is 2. The van der Waals surface area contributed by atoms with Crippen LogP contribution in [0, 0.1) is 5.82 Å². The van der Waals surface area contributed by atoms with Crippen LogP contribution in [0.3, 0.4) is 0 Å². The predicted octanol–water partition coefficient (Wildman–Crippen LogP) is 0.486. The normalized spacial score (nSPS) is 24.0. The van der Waals surface area contributed by atoms with Crippen molar-refractivity contribution in [3.8, 4) is 0 Å².